The van der Waals surface area contributed by atoms with Crippen LogP contribution in [0.25, 0.3) is 0 Å². The molecule has 4 nitrogen and oxygen atoms in total. The molecular formula is C8H13NO3. The summed E-state index contributed by atoms with van der Waals surface area (Å²) < 4.78 is 10.3. The monoisotopic (exact) mass is 171 g/mol. The number of esters is 1. The maximum Gasteiger partial charge on any atom is 0.332 e. The van der Waals surface area contributed by atoms with E-state index in [4.69, 9.17) is 9.47 Å². The van der Waals surface area contributed by atoms with Gasteiger partial charge in [-0.1, -0.05) is 6.58 Å². The molecule has 0 spiro atoms. The van der Waals surface area contributed by atoms with Gasteiger partial charge in [-0.3, -0.25) is 0 Å². The van der Waals surface area contributed by atoms with Crippen molar-refractivity contribution in [2.45, 2.75) is 12.7 Å². The molecule has 0 aliphatic carbocycles. The molecule has 0 aromatic carbocycles. The van der Waals surface area contributed by atoms with Crippen molar-refractivity contribution in [3.8, 4) is 0 Å². The fourth-order valence-electron chi connectivity index (χ4n) is 1.03. The Balaban J connectivity index is 2.46. The Kier molecular flexibility index (Phi) is 2.83. The van der Waals surface area contributed by atoms with Crippen LogP contribution in [0.5, 0.6) is 0 Å². The van der Waals surface area contributed by atoms with Crippen LogP contribution in [0.2, 0.25) is 0 Å². The Morgan fingerprint density at radius 3 is 3.08 bits per heavy atom. The molecule has 1 saturated heterocycles. The second-order valence-electron chi connectivity index (χ2n) is 2.78. The Morgan fingerprint density at radius 1 is 1.83 bits per heavy atom. The molecule has 1 aliphatic heterocycles. The predicted molar refractivity (Wildman–Crippen MR) is 43.5 cm³/mol. The van der Waals surface area contributed by atoms with Crippen molar-refractivity contribution in [1.29, 1.82) is 0 Å². The summed E-state index contributed by atoms with van der Waals surface area (Å²) in [4.78, 5) is 10.8. The zero-order valence-electron chi connectivity index (χ0n) is 7.13. The second kappa shape index (κ2) is 3.69. The van der Waals surface area contributed by atoms with Crippen LogP contribution in [0.4, 0.5) is 0 Å². The summed E-state index contributed by atoms with van der Waals surface area (Å²) in [5.74, 6) is -1.29. The van der Waals surface area contributed by atoms with Gasteiger partial charge in [0, 0.05) is 19.5 Å². The molecule has 1 unspecified atom stereocenters. The number of carbonyl (C=O) groups is 1. The van der Waals surface area contributed by atoms with Crippen molar-refractivity contribution < 1.29 is 14.3 Å². The first-order valence-corrected chi connectivity index (χ1v) is 3.86. The van der Waals surface area contributed by atoms with Crippen LogP contribution in [-0.2, 0) is 14.3 Å². The third-order valence-corrected chi connectivity index (χ3v) is 1.62. The maximum absolute atomic E-state index is 10.8. The molecule has 4 heteroatoms. The first-order chi connectivity index (χ1) is 5.66. The minimum atomic E-state index is -0.830. The number of rotatable bonds is 2. The molecule has 0 amide bonds. The van der Waals surface area contributed by atoms with Gasteiger partial charge in [-0.2, -0.15) is 0 Å². The van der Waals surface area contributed by atoms with Crippen molar-refractivity contribution in [3.63, 3.8) is 0 Å². The van der Waals surface area contributed by atoms with Crippen molar-refractivity contribution in [1.82, 2.24) is 5.32 Å². The van der Waals surface area contributed by atoms with Gasteiger partial charge in [0.05, 0.1) is 13.2 Å². The largest absolute Gasteiger partial charge is 0.429 e. The average Bonchev–Trinajstić information content (AvgIpc) is 2.05. The van der Waals surface area contributed by atoms with Gasteiger partial charge in [0.2, 0.25) is 5.79 Å². The Bertz CT molecular complexity index is 185. The lowest BCUT2D eigenvalue weighted by atomic mass is 10.3. The fourth-order valence-corrected chi connectivity index (χ4v) is 1.03. The molecule has 1 N–H and O–H groups in total. The molecule has 0 radical (unpaired) electrons. The molecule has 0 aromatic rings. The molecule has 1 rings (SSSR count). The molecular weight excluding hydrogens is 158 g/mol. The van der Waals surface area contributed by atoms with Gasteiger partial charge in [-0.05, 0) is 0 Å². The number of hydrogen-bond acceptors (Lipinski definition) is 4. The van der Waals surface area contributed by atoms with Gasteiger partial charge in [0.25, 0.3) is 0 Å². The predicted octanol–water partition coefficient (Wildman–Crippen LogP) is 0.0516. The van der Waals surface area contributed by atoms with E-state index in [-0.39, 0.29) is 0 Å². The second-order valence-corrected chi connectivity index (χ2v) is 2.78. The van der Waals surface area contributed by atoms with Crippen molar-refractivity contribution >= 4 is 5.97 Å². The summed E-state index contributed by atoms with van der Waals surface area (Å²) in [6.07, 6.45) is 1.13. The molecule has 1 fully saturated rings. The van der Waals surface area contributed by atoms with Gasteiger partial charge in [0.15, 0.2) is 0 Å². The van der Waals surface area contributed by atoms with Crippen LogP contribution in [0.15, 0.2) is 12.7 Å². The third-order valence-electron chi connectivity index (χ3n) is 1.62. The SMILES string of the molecule is C=CC(=O)OC1(C)CNCCO1. The smallest absolute Gasteiger partial charge is 0.332 e. The zero-order valence-corrected chi connectivity index (χ0v) is 7.13. The van der Waals surface area contributed by atoms with Crippen LogP contribution in [0.1, 0.15) is 6.92 Å². The summed E-state index contributed by atoms with van der Waals surface area (Å²) >= 11 is 0. The Hall–Kier alpha value is -0.870. The van der Waals surface area contributed by atoms with Crippen molar-refractivity contribution in [2.24, 2.45) is 0 Å². The first-order valence-electron chi connectivity index (χ1n) is 3.86. The van der Waals surface area contributed by atoms with E-state index in [9.17, 15) is 4.79 Å². The topological polar surface area (TPSA) is 47.6 Å². The molecule has 0 bridgehead atoms. The lowest BCUT2D eigenvalue weighted by Crippen LogP contribution is -2.50. The van der Waals surface area contributed by atoms with Crippen LogP contribution in [0.3, 0.4) is 0 Å². The number of nitrogens with one attached hydrogen (secondary N) is 1. The van der Waals surface area contributed by atoms with E-state index in [1.807, 2.05) is 0 Å². The first kappa shape index (κ1) is 9.22. The highest BCUT2D eigenvalue weighted by Crippen LogP contribution is 2.14. The minimum absolute atomic E-state index is 0.457. The van der Waals surface area contributed by atoms with Crippen LogP contribution >= 0.6 is 0 Å². The van der Waals surface area contributed by atoms with E-state index in [0.29, 0.717) is 13.2 Å². The van der Waals surface area contributed by atoms with Gasteiger partial charge in [-0.25, -0.2) is 4.79 Å². The van der Waals surface area contributed by atoms with E-state index in [1.165, 1.54) is 0 Å². The quantitative estimate of drug-likeness (QED) is 0.471. The minimum Gasteiger partial charge on any atom is -0.429 e. The molecule has 12 heavy (non-hydrogen) atoms. The molecule has 68 valence electrons. The highest BCUT2D eigenvalue weighted by Gasteiger charge is 2.30. The summed E-state index contributed by atoms with van der Waals surface area (Å²) in [6.45, 7) is 6.90. The average molecular weight is 171 g/mol. The van der Waals surface area contributed by atoms with E-state index in [2.05, 4.69) is 11.9 Å². The van der Waals surface area contributed by atoms with Crippen molar-refractivity contribution in [2.75, 3.05) is 19.7 Å². The fraction of sp³-hybridized carbons (Fsp3) is 0.625. The third kappa shape index (κ3) is 2.32. The van der Waals surface area contributed by atoms with Crippen LogP contribution in [-0.4, -0.2) is 31.5 Å². The summed E-state index contributed by atoms with van der Waals surface area (Å²) in [7, 11) is 0. The van der Waals surface area contributed by atoms with Crippen LogP contribution in [0, 0.1) is 0 Å². The van der Waals surface area contributed by atoms with E-state index >= 15 is 0 Å². The highest BCUT2D eigenvalue weighted by molar-refractivity contribution is 5.81. The summed E-state index contributed by atoms with van der Waals surface area (Å²) in [5.41, 5.74) is 0. The standard InChI is InChI=1S/C8H13NO3/c1-3-7(10)12-8(2)6-9-4-5-11-8/h3,9H,1,4-6H2,2H3. The maximum atomic E-state index is 10.8. The van der Waals surface area contributed by atoms with Gasteiger partial charge < -0.3 is 14.8 Å². The zero-order chi connectivity index (χ0) is 9.03. The summed E-state index contributed by atoms with van der Waals surface area (Å²) in [5, 5.41) is 3.07. The molecule has 1 aliphatic rings. The normalized spacial score (nSPS) is 29.4. The number of carbonyl (C=O) groups excluding carboxylic acids is 1. The lowest BCUT2D eigenvalue weighted by Gasteiger charge is -2.33. The van der Waals surface area contributed by atoms with E-state index in [0.717, 1.165) is 12.6 Å². The van der Waals surface area contributed by atoms with Crippen molar-refractivity contribution in [3.05, 3.63) is 12.7 Å². The summed E-state index contributed by atoms with van der Waals surface area (Å²) in [6, 6.07) is 0. The molecule has 0 aromatic heterocycles. The van der Waals surface area contributed by atoms with E-state index < -0.39 is 11.8 Å². The number of morpholine rings is 1. The van der Waals surface area contributed by atoms with Gasteiger partial charge in [0.1, 0.15) is 0 Å². The highest BCUT2D eigenvalue weighted by atomic mass is 16.7. The Morgan fingerprint density at radius 2 is 2.58 bits per heavy atom. The van der Waals surface area contributed by atoms with Crippen LogP contribution < -0.4 is 5.32 Å². The van der Waals surface area contributed by atoms with Gasteiger partial charge in [-0.15, -0.1) is 0 Å². The number of ether oxygens (including phenoxy) is 2. The van der Waals surface area contributed by atoms with Gasteiger partial charge >= 0.3 is 5.97 Å². The molecule has 1 heterocycles. The number of hydrogen-bond donors (Lipinski definition) is 1. The lowest BCUT2D eigenvalue weighted by molar-refractivity contribution is -0.226. The van der Waals surface area contributed by atoms with E-state index in [1.54, 1.807) is 6.92 Å². The Labute approximate surface area is 71.5 Å². The molecule has 0 saturated carbocycles. The molecule has 1 atom stereocenters.